The molecule has 1 aliphatic rings. The van der Waals surface area contributed by atoms with Crippen LogP contribution in [0.15, 0.2) is 18.3 Å². The first-order valence-electron chi connectivity index (χ1n) is 6.34. The number of piperazine rings is 1. The van der Waals surface area contributed by atoms with Crippen LogP contribution >= 0.6 is 0 Å². The van der Waals surface area contributed by atoms with Gasteiger partial charge in [-0.1, -0.05) is 0 Å². The fourth-order valence-electron chi connectivity index (χ4n) is 2.05. The first-order valence-corrected chi connectivity index (χ1v) is 6.34. The van der Waals surface area contributed by atoms with Gasteiger partial charge in [-0.15, -0.1) is 0 Å². The summed E-state index contributed by atoms with van der Waals surface area (Å²) in [5.74, 6) is 0.184. The molecule has 0 atom stereocenters. The maximum atomic E-state index is 11.6. The predicted octanol–water partition coefficient (Wildman–Crippen LogP) is 0.787. The number of aromatic nitrogens is 1. The van der Waals surface area contributed by atoms with Gasteiger partial charge in [0.1, 0.15) is 0 Å². The fraction of sp³-hybridized carbons (Fsp3) is 0.538. The molecule has 5 nitrogen and oxygen atoms in total. The van der Waals surface area contributed by atoms with E-state index in [2.05, 4.69) is 22.1 Å². The van der Waals surface area contributed by atoms with Gasteiger partial charge in [0.25, 0.3) is 0 Å². The normalized spacial score (nSPS) is 17.0. The Balaban J connectivity index is 1.96. The Morgan fingerprint density at radius 1 is 1.44 bits per heavy atom. The Morgan fingerprint density at radius 3 is 3.00 bits per heavy atom. The Hall–Kier alpha value is -1.62. The van der Waals surface area contributed by atoms with Crippen LogP contribution in [0.3, 0.4) is 0 Å². The Kier molecular flexibility index (Phi) is 4.15. The molecule has 2 rings (SSSR count). The van der Waals surface area contributed by atoms with Crippen molar-refractivity contribution < 1.29 is 4.79 Å². The minimum absolute atomic E-state index is 0.184. The van der Waals surface area contributed by atoms with E-state index in [4.69, 9.17) is 0 Å². The maximum Gasteiger partial charge on any atom is 0.236 e. The predicted molar refractivity (Wildman–Crippen MR) is 71.3 cm³/mol. The van der Waals surface area contributed by atoms with Crippen LogP contribution in [0.1, 0.15) is 12.6 Å². The first kappa shape index (κ1) is 12.8. The molecule has 0 unspecified atom stereocenters. The summed E-state index contributed by atoms with van der Waals surface area (Å²) in [5, 5.41) is 3.27. The lowest BCUT2D eigenvalue weighted by molar-refractivity contribution is -0.134. The highest BCUT2D eigenvalue weighted by Crippen LogP contribution is 2.11. The Morgan fingerprint density at radius 2 is 2.28 bits per heavy atom. The third-order valence-corrected chi connectivity index (χ3v) is 3.12. The molecular weight excluding hydrogens is 228 g/mol. The number of rotatable bonds is 4. The molecule has 1 aliphatic heterocycles. The molecular formula is C13H20N4O. The molecule has 0 radical (unpaired) electrons. The van der Waals surface area contributed by atoms with Crippen LogP contribution in [-0.2, 0) is 11.3 Å². The zero-order valence-corrected chi connectivity index (χ0v) is 11.0. The number of carbonyl (C=O) groups is 1. The van der Waals surface area contributed by atoms with Gasteiger partial charge in [0, 0.05) is 45.1 Å². The molecule has 1 aromatic rings. The van der Waals surface area contributed by atoms with Gasteiger partial charge in [0.2, 0.25) is 5.91 Å². The minimum atomic E-state index is 0.184. The second-order valence-electron chi connectivity index (χ2n) is 4.59. The highest BCUT2D eigenvalue weighted by atomic mass is 16.2. The second-order valence-corrected chi connectivity index (χ2v) is 4.59. The summed E-state index contributed by atoms with van der Waals surface area (Å²) in [6.45, 7) is 5.90. The zero-order chi connectivity index (χ0) is 13.0. The van der Waals surface area contributed by atoms with Gasteiger partial charge in [-0.25, -0.2) is 0 Å². The average Bonchev–Trinajstić information content (AvgIpc) is 2.35. The number of likely N-dealkylation sites (N-methyl/N-ethyl adjacent to an activating group) is 1. The standard InChI is InChI=1S/C13H20N4O/c1-3-14-11-4-5-15-12(8-11)9-17-7-6-16(2)13(18)10-17/h4-5,8H,3,6-7,9-10H2,1-2H3,(H,14,15). The van der Waals surface area contributed by atoms with Gasteiger partial charge in [-0.3, -0.25) is 14.7 Å². The van der Waals surface area contributed by atoms with Crippen molar-refractivity contribution in [3.63, 3.8) is 0 Å². The molecule has 0 saturated carbocycles. The SMILES string of the molecule is CCNc1ccnc(CN2CCN(C)C(=O)C2)c1. The van der Waals surface area contributed by atoms with Gasteiger partial charge >= 0.3 is 0 Å². The molecule has 0 spiro atoms. The number of nitrogens with zero attached hydrogens (tertiary/aromatic N) is 3. The van der Waals surface area contributed by atoms with E-state index in [1.54, 1.807) is 4.90 Å². The molecule has 1 saturated heterocycles. The number of carbonyl (C=O) groups excluding carboxylic acids is 1. The first-order chi connectivity index (χ1) is 8.69. The zero-order valence-electron chi connectivity index (χ0n) is 11.0. The summed E-state index contributed by atoms with van der Waals surface area (Å²) >= 11 is 0. The molecule has 0 bridgehead atoms. The summed E-state index contributed by atoms with van der Waals surface area (Å²) < 4.78 is 0. The Bertz CT molecular complexity index is 421. The van der Waals surface area contributed by atoms with Gasteiger partial charge in [0.15, 0.2) is 0 Å². The number of anilines is 1. The summed E-state index contributed by atoms with van der Waals surface area (Å²) in [5.41, 5.74) is 2.09. The van der Waals surface area contributed by atoms with E-state index < -0.39 is 0 Å². The lowest BCUT2D eigenvalue weighted by atomic mass is 10.2. The number of pyridine rings is 1. The monoisotopic (exact) mass is 248 g/mol. The molecule has 2 heterocycles. The average molecular weight is 248 g/mol. The van der Waals surface area contributed by atoms with E-state index in [0.29, 0.717) is 6.54 Å². The number of hydrogen-bond donors (Lipinski definition) is 1. The van der Waals surface area contributed by atoms with Crippen molar-refractivity contribution in [2.24, 2.45) is 0 Å². The molecule has 1 fully saturated rings. The number of hydrogen-bond acceptors (Lipinski definition) is 4. The van der Waals surface area contributed by atoms with Gasteiger partial charge in [0.05, 0.1) is 12.2 Å². The second kappa shape index (κ2) is 5.82. The van der Waals surface area contributed by atoms with E-state index >= 15 is 0 Å². The van der Waals surface area contributed by atoms with Crippen LogP contribution in [0.4, 0.5) is 5.69 Å². The molecule has 18 heavy (non-hydrogen) atoms. The van der Waals surface area contributed by atoms with E-state index in [9.17, 15) is 4.79 Å². The van der Waals surface area contributed by atoms with Crippen molar-refractivity contribution in [3.05, 3.63) is 24.0 Å². The van der Waals surface area contributed by atoms with Crippen molar-refractivity contribution in [1.82, 2.24) is 14.8 Å². The molecule has 0 aliphatic carbocycles. The van der Waals surface area contributed by atoms with Crippen LogP contribution < -0.4 is 5.32 Å². The number of nitrogens with one attached hydrogen (secondary N) is 1. The van der Waals surface area contributed by atoms with Gasteiger partial charge in [-0.05, 0) is 19.1 Å². The molecule has 1 N–H and O–H groups in total. The lowest BCUT2D eigenvalue weighted by Gasteiger charge is -2.31. The van der Waals surface area contributed by atoms with Crippen LogP contribution in [0.2, 0.25) is 0 Å². The molecule has 1 aromatic heterocycles. The van der Waals surface area contributed by atoms with Crippen molar-refractivity contribution in [2.75, 3.05) is 38.5 Å². The van der Waals surface area contributed by atoms with Gasteiger partial charge in [-0.2, -0.15) is 0 Å². The highest BCUT2D eigenvalue weighted by Gasteiger charge is 2.21. The van der Waals surface area contributed by atoms with Crippen LogP contribution in [0.5, 0.6) is 0 Å². The van der Waals surface area contributed by atoms with Crippen LogP contribution in [-0.4, -0.2) is 53.9 Å². The highest BCUT2D eigenvalue weighted by molar-refractivity contribution is 5.78. The van der Waals surface area contributed by atoms with E-state index in [1.807, 2.05) is 25.4 Å². The van der Waals surface area contributed by atoms with E-state index in [1.165, 1.54) is 0 Å². The lowest BCUT2D eigenvalue weighted by Crippen LogP contribution is -2.48. The largest absolute Gasteiger partial charge is 0.385 e. The molecule has 0 aromatic carbocycles. The third kappa shape index (κ3) is 3.20. The maximum absolute atomic E-state index is 11.6. The fourth-order valence-corrected chi connectivity index (χ4v) is 2.05. The summed E-state index contributed by atoms with van der Waals surface area (Å²) in [7, 11) is 1.85. The van der Waals surface area contributed by atoms with Crippen LogP contribution in [0.25, 0.3) is 0 Å². The molecule has 5 heteroatoms. The molecule has 1 amide bonds. The third-order valence-electron chi connectivity index (χ3n) is 3.12. The Labute approximate surface area is 108 Å². The van der Waals surface area contributed by atoms with Crippen molar-refractivity contribution in [1.29, 1.82) is 0 Å². The summed E-state index contributed by atoms with van der Waals surface area (Å²) in [4.78, 5) is 19.9. The number of amides is 1. The summed E-state index contributed by atoms with van der Waals surface area (Å²) in [6, 6.07) is 4.01. The summed E-state index contributed by atoms with van der Waals surface area (Å²) in [6.07, 6.45) is 1.81. The minimum Gasteiger partial charge on any atom is -0.385 e. The topological polar surface area (TPSA) is 48.5 Å². The quantitative estimate of drug-likeness (QED) is 0.856. The van der Waals surface area contributed by atoms with E-state index in [0.717, 1.165) is 37.6 Å². The van der Waals surface area contributed by atoms with Crippen LogP contribution in [0, 0.1) is 0 Å². The van der Waals surface area contributed by atoms with Crippen molar-refractivity contribution in [3.8, 4) is 0 Å². The van der Waals surface area contributed by atoms with E-state index in [-0.39, 0.29) is 5.91 Å². The van der Waals surface area contributed by atoms with Crippen molar-refractivity contribution in [2.45, 2.75) is 13.5 Å². The smallest absolute Gasteiger partial charge is 0.236 e. The molecule has 98 valence electrons. The van der Waals surface area contributed by atoms with Gasteiger partial charge < -0.3 is 10.2 Å². The van der Waals surface area contributed by atoms with Crippen molar-refractivity contribution >= 4 is 11.6 Å².